The van der Waals surface area contributed by atoms with Gasteiger partial charge in [0.2, 0.25) is 0 Å². The first-order valence-electron chi connectivity index (χ1n) is 15.5. The highest BCUT2D eigenvalue weighted by Crippen LogP contribution is 2.16. The number of ether oxygens (including phenoxy) is 1. The van der Waals surface area contributed by atoms with E-state index in [0.717, 1.165) is 18.9 Å². The summed E-state index contributed by atoms with van der Waals surface area (Å²) in [5.74, 6) is -0.0422. The van der Waals surface area contributed by atoms with Gasteiger partial charge in [-0.05, 0) is 40.5 Å². The van der Waals surface area contributed by atoms with E-state index >= 15 is 0 Å². The maximum Gasteiger partial charge on any atom is 0.306 e. The van der Waals surface area contributed by atoms with E-state index in [1.807, 2.05) is 20.8 Å². The second kappa shape index (κ2) is 21.5. The van der Waals surface area contributed by atoms with Gasteiger partial charge < -0.3 is 10.1 Å². The zero-order valence-corrected chi connectivity index (χ0v) is 24.3. The lowest BCUT2D eigenvalue weighted by Gasteiger charge is -2.32. The number of piperazine rings is 1. The van der Waals surface area contributed by atoms with E-state index in [9.17, 15) is 4.79 Å². The van der Waals surface area contributed by atoms with Gasteiger partial charge in [-0.15, -0.1) is 0 Å². The Morgan fingerprint density at radius 2 is 1.06 bits per heavy atom. The van der Waals surface area contributed by atoms with Crippen molar-refractivity contribution in [2.24, 2.45) is 0 Å². The van der Waals surface area contributed by atoms with Gasteiger partial charge in [-0.1, -0.05) is 109 Å². The monoisotopic (exact) mass is 494 g/mol. The Kier molecular flexibility index (Phi) is 19.9. The Morgan fingerprint density at radius 3 is 1.46 bits per heavy atom. The van der Waals surface area contributed by atoms with E-state index < -0.39 is 0 Å². The van der Waals surface area contributed by atoms with E-state index in [0.29, 0.717) is 6.42 Å². The Bertz CT molecular complexity index is 483. The van der Waals surface area contributed by atoms with E-state index in [1.165, 1.54) is 135 Å². The molecule has 1 saturated heterocycles. The van der Waals surface area contributed by atoms with Crippen molar-refractivity contribution in [2.75, 3.05) is 26.2 Å². The smallest absolute Gasteiger partial charge is 0.306 e. The summed E-state index contributed by atoms with van der Waals surface area (Å²) >= 11 is 0. The maximum absolute atomic E-state index is 11.7. The lowest BCUT2D eigenvalue weighted by atomic mass is 10.0. The van der Waals surface area contributed by atoms with Crippen LogP contribution >= 0.6 is 0 Å². The summed E-state index contributed by atoms with van der Waals surface area (Å²) in [6.45, 7) is 13.0. The third-order valence-electron chi connectivity index (χ3n) is 7.45. The highest BCUT2D eigenvalue weighted by Gasteiger charge is 2.16. The topological polar surface area (TPSA) is 41.6 Å². The molecule has 4 heteroatoms. The number of carbonyl (C=O) groups excluding carboxylic acids is 1. The molecule has 1 aliphatic rings. The van der Waals surface area contributed by atoms with E-state index in [-0.39, 0.29) is 11.6 Å². The fraction of sp³-hybridized carbons (Fsp3) is 0.968. The molecular weight excluding hydrogens is 432 g/mol. The van der Waals surface area contributed by atoms with Crippen molar-refractivity contribution in [2.45, 2.75) is 168 Å². The Hall–Kier alpha value is -0.610. The molecule has 0 aromatic rings. The minimum Gasteiger partial charge on any atom is -0.460 e. The summed E-state index contributed by atoms with van der Waals surface area (Å²) in [5.41, 5.74) is -0.347. The predicted octanol–water partition coefficient (Wildman–Crippen LogP) is 8.42. The molecule has 35 heavy (non-hydrogen) atoms. The molecule has 0 aromatic heterocycles. The number of rotatable bonds is 22. The van der Waals surface area contributed by atoms with Gasteiger partial charge in [0.1, 0.15) is 5.60 Å². The molecular formula is C31H62N2O2. The summed E-state index contributed by atoms with van der Waals surface area (Å²) in [7, 11) is 0. The van der Waals surface area contributed by atoms with Crippen molar-refractivity contribution in [3.8, 4) is 0 Å². The molecule has 0 spiro atoms. The standard InChI is InChI=1S/C31H62N2O2/c1-29(33-27-25-32-26-28-33)23-21-19-17-15-13-11-9-7-5-6-8-10-12-14-16-18-20-22-24-30(34)35-31(2,3)4/h29,32H,5-28H2,1-4H3/t29-/m0/s1. The quantitative estimate of drug-likeness (QED) is 0.121. The normalized spacial score (nSPS) is 15.9. The molecule has 1 atom stereocenters. The van der Waals surface area contributed by atoms with Gasteiger partial charge in [-0.2, -0.15) is 0 Å². The van der Waals surface area contributed by atoms with Crippen LogP contribution < -0.4 is 5.32 Å². The van der Waals surface area contributed by atoms with Crippen LogP contribution in [0.4, 0.5) is 0 Å². The molecule has 1 fully saturated rings. The van der Waals surface area contributed by atoms with Crippen molar-refractivity contribution in [1.82, 2.24) is 10.2 Å². The lowest BCUT2D eigenvalue weighted by molar-refractivity contribution is -0.154. The highest BCUT2D eigenvalue weighted by atomic mass is 16.6. The summed E-state index contributed by atoms with van der Waals surface area (Å²) in [6.07, 6.45) is 26.7. The maximum atomic E-state index is 11.7. The van der Waals surface area contributed by atoms with Crippen LogP contribution in [0.5, 0.6) is 0 Å². The molecule has 0 unspecified atom stereocenters. The number of hydrogen-bond donors (Lipinski definition) is 1. The van der Waals surface area contributed by atoms with Crippen LogP contribution in [0.25, 0.3) is 0 Å². The van der Waals surface area contributed by atoms with E-state index in [1.54, 1.807) is 0 Å². The number of unbranched alkanes of at least 4 members (excludes halogenated alkanes) is 17. The van der Waals surface area contributed by atoms with Crippen LogP contribution in [-0.4, -0.2) is 48.7 Å². The first kappa shape index (κ1) is 32.4. The van der Waals surface area contributed by atoms with E-state index in [4.69, 9.17) is 4.74 Å². The molecule has 0 amide bonds. The zero-order valence-electron chi connectivity index (χ0n) is 24.3. The largest absolute Gasteiger partial charge is 0.460 e. The summed E-state index contributed by atoms with van der Waals surface area (Å²) < 4.78 is 5.36. The second-order valence-electron chi connectivity index (χ2n) is 12.1. The molecule has 0 bridgehead atoms. The average molecular weight is 495 g/mol. The molecule has 1 aliphatic heterocycles. The van der Waals surface area contributed by atoms with Gasteiger partial charge in [-0.25, -0.2) is 0 Å². The molecule has 0 radical (unpaired) electrons. The molecule has 4 nitrogen and oxygen atoms in total. The van der Waals surface area contributed by atoms with Gasteiger partial charge in [0.15, 0.2) is 0 Å². The predicted molar refractivity (Wildman–Crippen MR) is 152 cm³/mol. The van der Waals surface area contributed by atoms with Gasteiger partial charge in [0, 0.05) is 38.6 Å². The summed E-state index contributed by atoms with van der Waals surface area (Å²) in [6, 6.07) is 0.777. The van der Waals surface area contributed by atoms with Gasteiger partial charge in [0.05, 0.1) is 0 Å². The Labute approximate surface area is 219 Å². The minimum absolute atomic E-state index is 0.0422. The van der Waals surface area contributed by atoms with Crippen molar-refractivity contribution < 1.29 is 9.53 Å². The lowest BCUT2D eigenvalue weighted by Crippen LogP contribution is -2.47. The van der Waals surface area contributed by atoms with Crippen LogP contribution in [0.3, 0.4) is 0 Å². The molecule has 0 saturated carbocycles. The van der Waals surface area contributed by atoms with Crippen LogP contribution in [0.1, 0.15) is 156 Å². The van der Waals surface area contributed by atoms with Crippen LogP contribution in [0.15, 0.2) is 0 Å². The Balaban J connectivity index is 1.71. The second-order valence-corrected chi connectivity index (χ2v) is 12.1. The number of hydrogen-bond acceptors (Lipinski definition) is 4. The molecule has 1 rings (SSSR count). The third kappa shape index (κ3) is 21.2. The number of carbonyl (C=O) groups is 1. The van der Waals surface area contributed by atoms with Crippen LogP contribution in [-0.2, 0) is 9.53 Å². The molecule has 0 aliphatic carbocycles. The first-order chi connectivity index (χ1) is 16.9. The number of esters is 1. The Morgan fingerprint density at radius 1 is 0.686 bits per heavy atom. The van der Waals surface area contributed by atoms with Crippen molar-refractivity contribution in [3.05, 3.63) is 0 Å². The zero-order chi connectivity index (χ0) is 25.6. The highest BCUT2D eigenvalue weighted by molar-refractivity contribution is 5.69. The molecule has 208 valence electrons. The van der Waals surface area contributed by atoms with Crippen molar-refractivity contribution >= 4 is 5.97 Å². The third-order valence-corrected chi connectivity index (χ3v) is 7.45. The number of nitrogens with zero attached hydrogens (tertiary/aromatic N) is 1. The van der Waals surface area contributed by atoms with Gasteiger partial charge >= 0.3 is 5.97 Å². The molecule has 0 aromatic carbocycles. The van der Waals surface area contributed by atoms with Gasteiger partial charge in [-0.3, -0.25) is 9.69 Å². The fourth-order valence-corrected chi connectivity index (χ4v) is 5.24. The van der Waals surface area contributed by atoms with Crippen molar-refractivity contribution in [3.63, 3.8) is 0 Å². The van der Waals surface area contributed by atoms with Crippen LogP contribution in [0.2, 0.25) is 0 Å². The van der Waals surface area contributed by atoms with E-state index in [2.05, 4.69) is 17.1 Å². The van der Waals surface area contributed by atoms with Gasteiger partial charge in [0.25, 0.3) is 0 Å². The van der Waals surface area contributed by atoms with Crippen LogP contribution in [0, 0.1) is 0 Å². The number of nitrogens with one attached hydrogen (secondary N) is 1. The first-order valence-corrected chi connectivity index (χ1v) is 15.5. The minimum atomic E-state index is -0.347. The average Bonchev–Trinajstić information content (AvgIpc) is 2.82. The molecule has 1 heterocycles. The molecule has 1 N–H and O–H groups in total. The summed E-state index contributed by atoms with van der Waals surface area (Å²) in [4.78, 5) is 14.3. The van der Waals surface area contributed by atoms with Crippen molar-refractivity contribution in [1.29, 1.82) is 0 Å². The summed E-state index contributed by atoms with van der Waals surface area (Å²) in [5, 5.41) is 3.45. The SMILES string of the molecule is C[C@@H](CCCCCCCCCCCCCCCCCCCCC(=O)OC(C)(C)C)N1CCNCC1. The fourth-order valence-electron chi connectivity index (χ4n) is 5.24.